The molecule has 0 aliphatic rings. The molecule has 5 heteroatoms. The first-order valence-corrected chi connectivity index (χ1v) is 9.23. The van der Waals surface area contributed by atoms with Gasteiger partial charge in [0, 0.05) is 43.3 Å². The van der Waals surface area contributed by atoms with Crippen LogP contribution < -0.4 is 10.2 Å². The van der Waals surface area contributed by atoms with Gasteiger partial charge >= 0.3 is 0 Å². The van der Waals surface area contributed by atoms with E-state index in [0.29, 0.717) is 17.9 Å². The van der Waals surface area contributed by atoms with Crippen LogP contribution in [0.5, 0.6) is 0 Å². The lowest BCUT2D eigenvalue weighted by Gasteiger charge is -2.23. The highest BCUT2D eigenvalue weighted by Gasteiger charge is 2.08. The van der Waals surface area contributed by atoms with Gasteiger partial charge in [-0.2, -0.15) is 0 Å². The monoisotopic (exact) mass is 360 g/mol. The number of rotatable bonds is 8. The first kappa shape index (κ1) is 18.6. The molecule has 27 heavy (non-hydrogen) atoms. The van der Waals surface area contributed by atoms with Crippen LogP contribution in [0.3, 0.4) is 0 Å². The minimum absolute atomic E-state index is 0.141. The Morgan fingerprint density at radius 1 is 0.963 bits per heavy atom. The van der Waals surface area contributed by atoms with Gasteiger partial charge in [0.2, 0.25) is 0 Å². The van der Waals surface area contributed by atoms with Crippen LogP contribution in [0.15, 0.2) is 73.1 Å². The average molecular weight is 360 g/mol. The van der Waals surface area contributed by atoms with Crippen LogP contribution >= 0.6 is 0 Å². The molecular formula is C22H24N4O. The van der Waals surface area contributed by atoms with Crippen molar-refractivity contribution in [2.75, 3.05) is 24.5 Å². The number of hydrogen-bond donors (Lipinski definition) is 1. The number of carbonyl (C=O) groups excluding carboxylic acids is 1. The summed E-state index contributed by atoms with van der Waals surface area (Å²) in [4.78, 5) is 23.2. The summed E-state index contributed by atoms with van der Waals surface area (Å²) in [6.45, 7) is 4.58. The smallest absolute Gasteiger partial charge is 0.254 e. The van der Waals surface area contributed by atoms with Crippen LogP contribution in [0.4, 0.5) is 5.69 Å². The van der Waals surface area contributed by atoms with Crippen molar-refractivity contribution < 1.29 is 4.79 Å². The molecule has 1 heterocycles. The number of hydrogen-bond acceptors (Lipinski definition) is 4. The van der Waals surface area contributed by atoms with Crippen molar-refractivity contribution in [1.82, 2.24) is 15.3 Å². The molecule has 2 aromatic carbocycles. The van der Waals surface area contributed by atoms with E-state index in [0.717, 1.165) is 25.1 Å². The lowest BCUT2D eigenvalue weighted by molar-refractivity contribution is 0.0952. The van der Waals surface area contributed by atoms with E-state index in [1.807, 2.05) is 48.5 Å². The number of anilines is 1. The molecule has 0 aliphatic carbocycles. The third-order valence-electron chi connectivity index (χ3n) is 4.34. The molecule has 5 nitrogen and oxygen atoms in total. The van der Waals surface area contributed by atoms with E-state index < -0.39 is 0 Å². The summed E-state index contributed by atoms with van der Waals surface area (Å²) >= 11 is 0. The number of carbonyl (C=O) groups is 1. The second-order valence-electron chi connectivity index (χ2n) is 6.19. The van der Waals surface area contributed by atoms with Crippen molar-refractivity contribution in [3.8, 4) is 11.4 Å². The topological polar surface area (TPSA) is 58.1 Å². The maximum absolute atomic E-state index is 12.3. The predicted molar refractivity (Wildman–Crippen MR) is 109 cm³/mol. The minimum Gasteiger partial charge on any atom is -0.372 e. The fourth-order valence-electron chi connectivity index (χ4n) is 2.86. The summed E-state index contributed by atoms with van der Waals surface area (Å²) in [7, 11) is 0. The highest BCUT2D eigenvalue weighted by Crippen LogP contribution is 2.14. The van der Waals surface area contributed by atoms with Crippen LogP contribution in [0.25, 0.3) is 11.4 Å². The molecule has 0 spiro atoms. The second-order valence-corrected chi connectivity index (χ2v) is 6.19. The maximum Gasteiger partial charge on any atom is 0.254 e. The normalized spacial score (nSPS) is 10.4. The van der Waals surface area contributed by atoms with Crippen molar-refractivity contribution in [3.05, 3.63) is 78.6 Å². The van der Waals surface area contributed by atoms with E-state index in [2.05, 4.69) is 39.2 Å². The molecule has 0 radical (unpaired) electrons. The van der Waals surface area contributed by atoms with Crippen LogP contribution in [-0.2, 0) is 0 Å². The van der Waals surface area contributed by atoms with E-state index in [1.165, 1.54) is 5.69 Å². The Labute approximate surface area is 160 Å². The molecule has 0 saturated heterocycles. The lowest BCUT2D eigenvalue weighted by Crippen LogP contribution is -2.30. The standard InChI is InChI=1S/C22H24N4O/c1-2-26(20-12-7-4-8-13-20)15-9-14-23-22(27)19-16-24-21(25-17-19)18-10-5-3-6-11-18/h3-8,10-13,16-17H,2,9,14-15H2,1H3,(H,23,27). The zero-order valence-electron chi connectivity index (χ0n) is 15.5. The molecule has 138 valence electrons. The van der Waals surface area contributed by atoms with Gasteiger partial charge in [0.1, 0.15) is 0 Å². The molecular weight excluding hydrogens is 336 g/mol. The van der Waals surface area contributed by atoms with Gasteiger partial charge in [-0.25, -0.2) is 9.97 Å². The minimum atomic E-state index is -0.141. The molecule has 3 aromatic rings. The number of benzene rings is 2. The van der Waals surface area contributed by atoms with Crippen molar-refractivity contribution >= 4 is 11.6 Å². The number of aromatic nitrogens is 2. The summed E-state index contributed by atoms with van der Waals surface area (Å²) < 4.78 is 0. The lowest BCUT2D eigenvalue weighted by atomic mass is 10.2. The van der Waals surface area contributed by atoms with Gasteiger partial charge in [-0.15, -0.1) is 0 Å². The van der Waals surface area contributed by atoms with Gasteiger partial charge < -0.3 is 10.2 Å². The van der Waals surface area contributed by atoms with E-state index in [-0.39, 0.29) is 5.91 Å². The third kappa shape index (κ3) is 5.14. The Morgan fingerprint density at radius 2 is 1.59 bits per heavy atom. The van der Waals surface area contributed by atoms with Crippen molar-refractivity contribution in [2.45, 2.75) is 13.3 Å². The van der Waals surface area contributed by atoms with Crippen LogP contribution in [0, 0.1) is 0 Å². The Balaban J connectivity index is 1.48. The summed E-state index contributed by atoms with van der Waals surface area (Å²) in [5.41, 5.74) is 2.62. The van der Waals surface area contributed by atoms with E-state index in [9.17, 15) is 4.79 Å². The molecule has 0 fully saturated rings. The van der Waals surface area contributed by atoms with Crippen LogP contribution in [0.2, 0.25) is 0 Å². The fraction of sp³-hybridized carbons (Fsp3) is 0.227. The summed E-state index contributed by atoms with van der Waals surface area (Å²) in [6, 6.07) is 20.0. The van der Waals surface area contributed by atoms with Gasteiger partial charge in [-0.3, -0.25) is 4.79 Å². The Morgan fingerprint density at radius 3 is 2.22 bits per heavy atom. The fourth-order valence-corrected chi connectivity index (χ4v) is 2.86. The second kappa shape index (κ2) is 9.48. The Kier molecular flexibility index (Phi) is 6.52. The van der Waals surface area contributed by atoms with Crippen molar-refractivity contribution in [1.29, 1.82) is 0 Å². The predicted octanol–water partition coefficient (Wildman–Crippen LogP) is 3.79. The third-order valence-corrected chi connectivity index (χ3v) is 4.34. The Bertz CT molecular complexity index is 835. The maximum atomic E-state index is 12.3. The summed E-state index contributed by atoms with van der Waals surface area (Å²) in [5, 5.41) is 2.94. The summed E-state index contributed by atoms with van der Waals surface area (Å²) in [6.07, 6.45) is 4.03. The van der Waals surface area contributed by atoms with E-state index in [1.54, 1.807) is 12.4 Å². The van der Waals surface area contributed by atoms with Crippen molar-refractivity contribution in [3.63, 3.8) is 0 Å². The largest absolute Gasteiger partial charge is 0.372 e. The van der Waals surface area contributed by atoms with Gasteiger partial charge in [0.05, 0.1) is 5.56 Å². The quantitative estimate of drug-likeness (QED) is 0.621. The van der Waals surface area contributed by atoms with Gasteiger partial charge in [-0.1, -0.05) is 48.5 Å². The van der Waals surface area contributed by atoms with E-state index in [4.69, 9.17) is 0 Å². The molecule has 3 rings (SSSR count). The SMILES string of the molecule is CCN(CCCNC(=O)c1cnc(-c2ccccc2)nc1)c1ccccc1. The highest BCUT2D eigenvalue weighted by atomic mass is 16.1. The van der Waals surface area contributed by atoms with Gasteiger partial charge in [0.25, 0.3) is 5.91 Å². The molecule has 1 N–H and O–H groups in total. The summed E-state index contributed by atoms with van der Waals surface area (Å²) in [5.74, 6) is 0.478. The number of amides is 1. The molecule has 1 aromatic heterocycles. The zero-order chi connectivity index (χ0) is 18.9. The van der Waals surface area contributed by atoms with Crippen LogP contribution in [0.1, 0.15) is 23.7 Å². The van der Waals surface area contributed by atoms with Gasteiger partial charge in [-0.05, 0) is 25.5 Å². The average Bonchev–Trinajstić information content (AvgIpc) is 2.75. The first-order chi connectivity index (χ1) is 13.3. The molecule has 1 amide bonds. The molecule has 0 atom stereocenters. The molecule has 0 aliphatic heterocycles. The molecule has 0 saturated carbocycles. The number of para-hydroxylation sites is 1. The molecule has 0 unspecified atom stereocenters. The number of nitrogens with zero attached hydrogens (tertiary/aromatic N) is 3. The van der Waals surface area contributed by atoms with Crippen molar-refractivity contribution in [2.24, 2.45) is 0 Å². The zero-order valence-corrected chi connectivity index (χ0v) is 15.5. The van der Waals surface area contributed by atoms with Crippen LogP contribution in [-0.4, -0.2) is 35.5 Å². The highest BCUT2D eigenvalue weighted by molar-refractivity contribution is 5.93. The van der Waals surface area contributed by atoms with E-state index >= 15 is 0 Å². The Hall–Kier alpha value is -3.21. The number of nitrogens with one attached hydrogen (secondary N) is 1. The first-order valence-electron chi connectivity index (χ1n) is 9.23. The molecule has 0 bridgehead atoms. The van der Waals surface area contributed by atoms with Gasteiger partial charge in [0.15, 0.2) is 5.82 Å².